The predicted octanol–water partition coefficient (Wildman–Crippen LogP) is 0.278. The summed E-state index contributed by atoms with van der Waals surface area (Å²) in [6.07, 6.45) is 5.73. The largest absolute Gasteiger partial charge is 0.389 e. The molecule has 2 bridgehead atoms. The molecule has 3 heterocycles. The van der Waals surface area contributed by atoms with Crippen LogP contribution in [0.3, 0.4) is 0 Å². The highest BCUT2D eigenvalue weighted by molar-refractivity contribution is 5.16. The van der Waals surface area contributed by atoms with Crippen molar-refractivity contribution in [2.45, 2.75) is 25.0 Å². The summed E-state index contributed by atoms with van der Waals surface area (Å²) >= 11 is 0. The van der Waals surface area contributed by atoms with Crippen LogP contribution in [0.4, 0.5) is 0 Å². The molecule has 1 saturated heterocycles. The van der Waals surface area contributed by atoms with Crippen molar-refractivity contribution in [3.05, 3.63) is 34.2 Å². The Kier molecular flexibility index (Phi) is 4.63. The summed E-state index contributed by atoms with van der Waals surface area (Å²) in [5.74, 6) is 3.25. The number of aliphatic hydroxyl groups excluding tert-OH is 1. The van der Waals surface area contributed by atoms with E-state index >= 15 is 0 Å². The third-order valence-corrected chi connectivity index (χ3v) is 4.52. The quantitative estimate of drug-likeness (QED) is 0.627. The van der Waals surface area contributed by atoms with Gasteiger partial charge in [-0.05, 0) is 18.4 Å². The minimum atomic E-state index is -0.523. The number of β-amino-alcohol motifs (C(OH)–C–C–N with tert-alkyl or cyclic N) is 1. The standard InChI is InChI=1S/C17H22N2O3/c1-2-6-22-12-15(20)11-18-8-13-7-14(10-18)16-4-3-5-17(21)19(16)9-13/h1,3-5,13-15,20H,6-12H2/t13?,14-,15?/m0/s1. The molecule has 1 N–H and O–H groups in total. The smallest absolute Gasteiger partial charge is 0.250 e. The Morgan fingerprint density at radius 2 is 2.27 bits per heavy atom. The lowest BCUT2D eigenvalue weighted by Gasteiger charge is -2.43. The SMILES string of the molecule is C#CCOCC(O)CN1CC2C[C@@H](C1)c1cccc(=O)n1C2. The van der Waals surface area contributed by atoms with Gasteiger partial charge in [-0.15, -0.1) is 6.42 Å². The summed E-state index contributed by atoms with van der Waals surface area (Å²) in [7, 11) is 0. The molecule has 118 valence electrons. The summed E-state index contributed by atoms with van der Waals surface area (Å²) in [6, 6.07) is 5.53. The molecule has 0 spiro atoms. The molecule has 1 fully saturated rings. The molecule has 3 atom stereocenters. The van der Waals surface area contributed by atoms with E-state index in [0.29, 0.717) is 18.4 Å². The second-order valence-corrected chi connectivity index (χ2v) is 6.29. The van der Waals surface area contributed by atoms with Crippen LogP contribution in [0.15, 0.2) is 23.0 Å². The second-order valence-electron chi connectivity index (χ2n) is 6.29. The van der Waals surface area contributed by atoms with Gasteiger partial charge in [-0.2, -0.15) is 0 Å². The fourth-order valence-electron chi connectivity index (χ4n) is 3.75. The Morgan fingerprint density at radius 1 is 1.41 bits per heavy atom. The number of hydrogen-bond acceptors (Lipinski definition) is 4. The maximum Gasteiger partial charge on any atom is 0.250 e. The van der Waals surface area contributed by atoms with Crippen LogP contribution in [0.2, 0.25) is 0 Å². The maximum absolute atomic E-state index is 12.0. The highest BCUT2D eigenvalue weighted by Crippen LogP contribution is 2.34. The van der Waals surface area contributed by atoms with Crippen LogP contribution in [-0.2, 0) is 11.3 Å². The van der Waals surface area contributed by atoms with Gasteiger partial charge >= 0.3 is 0 Å². The molecule has 0 radical (unpaired) electrons. The zero-order valence-electron chi connectivity index (χ0n) is 12.6. The van der Waals surface area contributed by atoms with E-state index < -0.39 is 6.10 Å². The molecule has 0 amide bonds. The average Bonchev–Trinajstić information content (AvgIpc) is 2.48. The van der Waals surface area contributed by atoms with E-state index in [9.17, 15) is 9.90 Å². The van der Waals surface area contributed by atoms with Gasteiger partial charge in [0.05, 0.1) is 12.7 Å². The Bertz CT molecular complexity index is 619. The topological polar surface area (TPSA) is 54.7 Å². The van der Waals surface area contributed by atoms with Gasteiger partial charge in [0.25, 0.3) is 5.56 Å². The lowest BCUT2D eigenvalue weighted by atomic mass is 9.83. The van der Waals surface area contributed by atoms with Gasteiger partial charge in [0.1, 0.15) is 6.61 Å². The fraction of sp³-hybridized carbons (Fsp3) is 0.588. The molecule has 0 aromatic carbocycles. The Labute approximate surface area is 130 Å². The minimum absolute atomic E-state index is 0.100. The Morgan fingerprint density at radius 3 is 3.09 bits per heavy atom. The van der Waals surface area contributed by atoms with Crippen molar-refractivity contribution in [2.24, 2.45) is 5.92 Å². The molecule has 0 aliphatic carbocycles. The summed E-state index contributed by atoms with van der Waals surface area (Å²) < 4.78 is 7.11. The molecular weight excluding hydrogens is 280 g/mol. The summed E-state index contributed by atoms with van der Waals surface area (Å²) in [4.78, 5) is 14.3. The Hall–Kier alpha value is -1.61. The molecule has 3 rings (SSSR count). The fourth-order valence-corrected chi connectivity index (χ4v) is 3.75. The minimum Gasteiger partial charge on any atom is -0.389 e. The maximum atomic E-state index is 12.0. The first kappa shape index (κ1) is 15.3. The molecule has 1 aromatic heterocycles. The van der Waals surface area contributed by atoms with E-state index in [2.05, 4.69) is 16.9 Å². The third kappa shape index (κ3) is 3.25. The van der Waals surface area contributed by atoms with Crippen molar-refractivity contribution in [1.82, 2.24) is 9.47 Å². The van der Waals surface area contributed by atoms with E-state index in [1.807, 2.05) is 10.6 Å². The van der Waals surface area contributed by atoms with Gasteiger partial charge in [0, 0.05) is 43.9 Å². The van der Waals surface area contributed by atoms with Crippen molar-refractivity contribution in [1.29, 1.82) is 0 Å². The van der Waals surface area contributed by atoms with Gasteiger partial charge in [-0.25, -0.2) is 0 Å². The van der Waals surface area contributed by atoms with Crippen LogP contribution in [-0.4, -0.2) is 53.5 Å². The second kappa shape index (κ2) is 6.66. The highest BCUT2D eigenvalue weighted by atomic mass is 16.5. The third-order valence-electron chi connectivity index (χ3n) is 4.52. The van der Waals surface area contributed by atoms with E-state index in [4.69, 9.17) is 11.2 Å². The number of piperidine rings is 1. The highest BCUT2D eigenvalue weighted by Gasteiger charge is 2.34. The van der Waals surface area contributed by atoms with E-state index in [-0.39, 0.29) is 18.8 Å². The first-order valence-corrected chi connectivity index (χ1v) is 7.78. The van der Waals surface area contributed by atoms with Gasteiger partial charge < -0.3 is 14.4 Å². The number of pyridine rings is 1. The first-order chi connectivity index (χ1) is 10.7. The molecule has 1 aromatic rings. The van der Waals surface area contributed by atoms with Crippen LogP contribution in [0, 0.1) is 18.3 Å². The summed E-state index contributed by atoms with van der Waals surface area (Å²) in [6.45, 7) is 3.68. The number of ether oxygens (including phenoxy) is 1. The van der Waals surface area contributed by atoms with Gasteiger partial charge in [-0.3, -0.25) is 9.69 Å². The zero-order valence-corrected chi connectivity index (χ0v) is 12.6. The number of likely N-dealkylation sites (tertiary alicyclic amines) is 1. The molecule has 22 heavy (non-hydrogen) atoms. The molecule has 0 saturated carbocycles. The van der Waals surface area contributed by atoms with Crippen molar-refractivity contribution < 1.29 is 9.84 Å². The van der Waals surface area contributed by atoms with Crippen LogP contribution < -0.4 is 5.56 Å². The van der Waals surface area contributed by atoms with Crippen LogP contribution in [0.5, 0.6) is 0 Å². The van der Waals surface area contributed by atoms with Crippen molar-refractivity contribution in [2.75, 3.05) is 32.8 Å². The van der Waals surface area contributed by atoms with Gasteiger partial charge in [0.15, 0.2) is 0 Å². The van der Waals surface area contributed by atoms with Gasteiger partial charge in [-0.1, -0.05) is 12.0 Å². The van der Waals surface area contributed by atoms with Crippen LogP contribution in [0.1, 0.15) is 18.0 Å². The molecule has 2 unspecified atom stereocenters. The first-order valence-electron chi connectivity index (χ1n) is 7.78. The van der Waals surface area contributed by atoms with Crippen molar-refractivity contribution >= 4 is 0 Å². The number of aliphatic hydroxyl groups is 1. The van der Waals surface area contributed by atoms with E-state index in [1.165, 1.54) is 0 Å². The number of fused-ring (bicyclic) bond motifs is 4. The molecular formula is C17H22N2O3. The van der Waals surface area contributed by atoms with Crippen molar-refractivity contribution in [3.8, 4) is 12.3 Å². The molecule has 5 heteroatoms. The van der Waals surface area contributed by atoms with E-state index in [1.54, 1.807) is 6.07 Å². The summed E-state index contributed by atoms with van der Waals surface area (Å²) in [5, 5.41) is 10.0. The average molecular weight is 302 g/mol. The predicted molar refractivity (Wildman–Crippen MR) is 83.6 cm³/mol. The van der Waals surface area contributed by atoms with Crippen LogP contribution in [0.25, 0.3) is 0 Å². The number of hydrogen-bond donors (Lipinski definition) is 1. The van der Waals surface area contributed by atoms with Crippen molar-refractivity contribution in [3.63, 3.8) is 0 Å². The van der Waals surface area contributed by atoms with Gasteiger partial charge in [0.2, 0.25) is 0 Å². The number of rotatable bonds is 5. The molecule has 5 nitrogen and oxygen atoms in total. The molecule has 2 aliphatic rings. The molecule has 2 aliphatic heterocycles. The number of aromatic nitrogens is 1. The zero-order chi connectivity index (χ0) is 15.5. The number of nitrogens with zero attached hydrogens (tertiary/aromatic N) is 2. The lowest BCUT2D eigenvalue weighted by molar-refractivity contribution is 0.0112. The number of terminal acetylenes is 1. The Balaban J connectivity index is 1.64. The monoisotopic (exact) mass is 302 g/mol. The normalized spacial score (nSPS) is 25.3. The van der Waals surface area contributed by atoms with Crippen LogP contribution >= 0.6 is 0 Å². The lowest BCUT2D eigenvalue weighted by Crippen LogP contribution is -2.49. The summed E-state index contributed by atoms with van der Waals surface area (Å²) in [5.41, 5.74) is 1.23. The van der Waals surface area contributed by atoms with E-state index in [0.717, 1.165) is 31.7 Å².